The molecule has 0 radical (unpaired) electrons. The van der Waals surface area contributed by atoms with Crippen molar-refractivity contribution in [2.45, 2.75) is 44.6 Å². The number of carbonyl (C=O) groups excluding carboxylic acids is 1. The number of hydrogen-bond acceptors (Lipinski definition) is 3. The lowest BCUT2D eigenvalue weighted by Gasteiger charge is -2.38. The quantitative estimate of drug-likeness (QED) is 0.850. The number of piperidine rings is 2. The third kappa shape index (κ3) is 4.77. The molecule has 0 aliphatic carbocycles. The summed E-state index contributed by atoms with van der Waals surface area (Å²) in [4.78, 5) is 16.7. The maximum absolute atomic E-state index is 12.4. The van der Waals surface area contributed by atoms with Gasteiger partial charge in [-0.1, -0.05) is 43.7 Å². The molecule has 2 amide bonds. The van der Waals surface area contributed by atoms with E-state index in [1.165, 1.54) is 19.3 Å². The summed E-state index contributed by atoms with van der Waals surface area (Å²) in [5.41, 5.74) is 0.150. The lowest BCUT2D eigenvalue weighted by atomic mass is 9.84. The Balaban J connectivity index is 1.38. The van der Waals surface area contributed by atoms with Crippen molar-refractivity contribution >= 4 is 6.03 Å². The Hall–Kier alpha value is -1.59. The number of likely N-dealkylation sites (tertiary alicyclic amines) is 2. The van der Waals surface area contributed by atoms with Crippen LogP contribution in [0.1, 0.15) is 44.6 Å². The van der Waals surface area contributed by atoms with E-state index in [-0.39, 0.29) is 6.03 Å². The second kappa shape index (κ2) is 8.87. The Kier molecular flexibility index (Phi) is 6.54. The van der Waals surface area contributed by atoms with Gasteiger partial charge in [0.05, 0.1) is 5.60 Å². The number of carbonyl (C=O) groups is 1. The molecule has 0 spiro atoms. The summed E-state index contributed by atoms with van der Waals surface area (Å²) in [7, 11) is 0. The van der Waals surface area contributed by atoms with E-state index in [4.69, 9.17) is 0 Å². The molecule has 26 heavy (non-hydrogen) atoms. The zero-order valence-electron chi connectivity index (χ0n) is 16.0. The van der Waals surface area contributed by atoms with Gasteiger partial charge in [-0.3, -0.25) is 0 Å². The van der Waals surface area contributed by atoms with Crippen molar-refractivity contribution in [1.29, 1.82) is 0 Å². The summed E-state index contributed by atoms with van der Waals surface area (Å²) in [6.07, 6.45) is 5.04. The van der Waals surface area contributed by atoms with Crippen molar-refractivity contribution in [3.63, 3.8) is 0 Å². The second-order valence-electron chi connectivity index (χ2n) is 7.81. The van der Waals surface area contributed by atoms with Crippen LogP contribution in [0.15, 0.2) is 30.3 Å². The predicted molar refractivity (Wildman–Crippen MR) is 104 cm³/mol. The number of nitrogens with zero attached hydrogens (tertiary/aromatic N) is 2. The summed E-state index contributed by atoms with van der Waals surface area (Å²) in [6.45, 7) is 7.42. The molecule has 3 rings (SSSR count). The first-order valence-electron chi connectivity index (χ1n) is 10.1. The van der Waals surface area contributed by atoms with Crippen LogP contribution in [0.25, 0.3) is 0 Å². The Bertz CT molecular complexity index is 562. The molecular weight excluding hydrogens is 326 g/mol. The first-order chi connectivity index (χ1) is 12.6. The lowest BCUT2D eigenvalue weighted by molar-refractivity contribution is -0.0168. The Labute approximate surface area is 157 Å². The van der Waals surface area contributed by atoms with Crippen LogP contribution in [0.3, 0.4) is 0 Å². The van der Waals surface area contributed by atoms with Gasteiger partial charge in [0.25, 0.3) is 0 Å². The van der Waals surface area contributed by atoms with Crippen LogP contribution in [0.2, 0.25) is 0 Å². The molecule has 0 atom stereocenters. The van der Waals surface area contributed by atoms with Crippen molar-refractivity contribution in [3.05, 3.63) is 35.9 Å². The Morgan fingerprint density at radius 3 is 2.42 bits per heavy atom. The minimum atomic E-state index is -0.804. The summed E-state index contributed by atoms with van der Waals surface area (Å²) in [5.74, 6) is 0.887. The van der Waals surface area contributed by atoms with Crippen LogP contribution in [0, 0.1) is 5.92 Å². The second-order valence-corrected chi connectivity index (χ2v) is 7.81. The van der Waals surface area contributed by atoms with Gasteiger partial charge >= 0.3 is 6.03 Å². The van der Waals surface area contributed by atoms with Gasteiger partial charge in [0.2, 0.25) is 0 Å². The van der Waals surface area contributed by atoms with Gasteiger partial charge in [-0.05, 0) is 50.3 Å². The average molecular weight is 360 g/mol. The van der Waals surface area contributed by atoms with E-state index in [2.05, 4.69) is 17.1 Å². The lowest BCUT2D eigenvalue weighted by Crippen LogP contribution is -2.50. The monoisotopic (exact) mass is 359 g/mol. The van der Waals surface area contributed by atoms with Crippen molar-refractivity contribution in [1.82, 2.24) is 15.1 Å². The topological polar surface area (TPSA) is 55.8 Å². The molecule has 2 saturated heterocycles. The van der Waals surface area contributed by atoms with Crippen LogP contribution >= 0.6 is 0 Å². The fourth-order valence-corrected chi connectivity index (χ4v) is 4.17. The van der Waals surface area contributed by atoms with Gasteiger partial charge < -0.3 is 20.2 Å². The van der Waals surface area contributed by atoms with Crippen LogP contribution in [-0.2, 0) is 5.60 Å². The number of aliphatic hydroxyl groups is 1. The number of hydrogen-bond donors (Lipinski definition) is 2. The van der Waals surface area contributed by atoms with Crippen molar-refractivity contribution < 1.29 is 9.90 Å². The molecule has 0 unspecified atom stereocenters. The third-order valence-corrected chi connectivity index (χ3v) is 6.18. The van der Waals surface area contributed by atoms with E-state index in [0.717, 1.165) is 31.1 Å². The van der Waals surface area contributed by atoms with Crippen molar-refractivity contribution in [2.24, 2.45) is 5.92 Å². The van der Waals surface area contributed by atoms with Gasteiger partial charge in [-0.25, -0.2) is 4.79 Å². The molecular formula is C21H33N3O2. The number of nitrogens with one attached hydrogen (secondary N) is 1. The third-order valence-electron chi connectivity index (χ3n) is 6.18. The maximum atomic E-state index is 12.4. The number of amides is 2. The molecule has 0 bridgehead atoms. The minimum Gasteiger partial charge on any atom is -0.385 e. The van der Waals surface area contributed by atoms with E-state index in [0.29, 0.717) is 32.5 Å². The standard InChI is InChI=1S/C21H33N3O2/c1-2-18-8-13-23(14-9-18)17-12-22-20(25)24-15-10-21(26,11-16-24)19-6-4-3-5-7-19/h3-7,18,26H,2,8-17H2,1H3,(H,22,25). The Morgan fingerprint density at radius 2 is 1.81 bits per heavy atom. The maximum Gasteiger partial charge on any atom is 0.317 e. The first-order valence-corrected chi connectivity index (χ1v) is 10.1. The fraction of sp³-hybridized carbons (Fsp3) is 0.667. The molecule has 2 fully saturated rings. The van der Waals surface area contributed by atoms with Crippen molar-refractivity contribution in [2.75, 3.05) is 39.3 Å². The average Bonchev–Trinajstić information content (AvgIpc) is 2.69. The number of rotatable bonds is 5. The highest BCUT2D eigenvalue weighted by Crippen LogP contribution is 2.32. The SMILES string of the molecule is CCC1CCN(CCNC(=O)N2CCC(O)(c3ccccc3)CC2)CC1. The molecule has 2 heterocycles. The molecule has 0 saturated carbocycles. The molecule has 144 valence electrons. The smallest absolute Gasteiger partial charge is 0.317 e. The number of benzene rings is 1. The summed E-state index contributed by atoms with van der Waals surface area (Å²) in [6, 6.07) is 9.81. The van der Waals surface area contributed by atoms with Crippen LogP contribution < -0.4 is 5.32 Å². The highest BCUT2D eigenvalue weighted by Gasteiger charge is 2.35. The van der Waals surface area contributed by atoms with Crippen LogP contribution in [-0.4, -0.2) is 60.2 Å². The molecule has 0 aromatic heterocycles. The zero-order valence-corrected chi connectivity index (χ0v) is 16.0. The Morgan fingerprint density at radius 1 is 1.15 bits per heavy atom. The fourth-order valence-electron chi connectivity index (χ4n) is 4.17. The summed E-state index contributed by atoms with van der Waals surface area (Å²) >= 11 is 0. The highest BCUT2D eigenvalue weighted by atomic mass is 16.3. The normalized spacial score (nSPS) is 21.5. The predicted octanol–water partition coefficient (Wildman–Crippen LogP) is 2.80. The largest absolute Gasteiger partial charge is 0.385 e. The number of urea groups is 1. The molecule has 1 aromatic rings. The van der Waals surface area contributed by atoms with Gasteiger partial charge in [-0.2, -0.15) is 0 Å². The van der Waals surface area contributed by atoms with Gasteiger partial charge in [0.1, 0.15) is 0 Å². The minimum absolute atomic E-state index is 0.00329. The molecule has 2 N–H and O–H groups in total. The summed E-state index contributed by atoms with van der Waals surface area (Å²) < 4.78 is 0. The highest BCUT2D eigenvalue weighted by molar-refractivity contribution is 5.74. The molecule has 5 heteroatoms. The van der Waals surface area contributed by atoms with Gasteiger partial charge in [0, 0.05) is 26.2 Å². The van der Waals surface area contributed by atoms with Crippen molar-refractivity contribution in [3.8, 4) is 0 Å². The van der Waals surface area contributed by atoms with E-state index in [9.17, 15) is 9.90 Å². The first kappa shape index (κ1) is 19.2. The molecule has 2 aliphatic heterocycles. The van der Waals surface area contributed by atoms with E-state index in [1.807, 2.05) is 35.2 Å². The van der Waals surface area contributed by atoms with E-state index < -0.39 is 5.60 Å². The van der Waals surface area contributed by atoms with Gasteiger partial charge in [-0.15, -0.1) is 0 Å². The van der Waals surface area contributed by atoms with E-state index in [1.54, 1.807) is 0 Å². The van der Waals surface area contributed by atoms with E-state index >= 15 is 0 Å². The zero-order chi connectivity index (χ0) is 18.4. The van der Waals surface area contributed by atoms with Crippen LogP contribution in [0.4, 0.5) is 4.79 Å². The summed E-state index contributed by atoms with van der Waals surface area (Å²) in [5, 5.41) is 13.9. The molecule has 2 aliphatic rings. The molecule has 1 aromatic carbocycles. The van der Waals surface area contributed by atoms with Gasteiger partial charge in [0.15, 0.2) is 0 Å². The van der Waals surface area contributed by atoms with Crippen LogP contribution in [0.5, 0.6) is 0 Å². The molecule has 5 nitrogen and oxygen atoms in total.